The molecule has 0 heterocycles. The largest absolute Gasteiger partial charge is 0.494 e. The molecule has 1 unspecified atom stereocenters. The van der Waals surface area contributed by atoms with E-state index in [0.717, 1.165) is 31.4 Å². The lowest BCUT2D eigenvalue weighted by atomic mass is 10.2. The van der Waals surface area contributed by atoms with Crippen LogP contribution in [0.5, 0.6) is 17.2 Å². The Morgan fingerprint density at radius 1 is 0.778 bits per heavy atom. The van der Waals surface area contributed by atoms with Crippen LogP contribution in [0.4, 0.5) is 11.4 Å². The minimum Gasteiger partial charge on any atom is -0.494 e. The quantitative estimate of drug-likeness (QED) is 0.0180. The second-order valence-corrected chi connectivity index (χ2v) is 10.2. The normalized spacial score (nSPS) is 11.6. The number of unbranched alkanes of at least 4 members (excludes halogenated alkanes) is 2. The van der Waals surface area contributed by atoms with Gasteiger partial charge in [0.05, 0.1) is 24.5 Å². The van der Waals surface area contributed by atoms with Crippen LogP contribution in [0.1, 0.15) is 69.7 Å². The van der Waals surface area contributed by atoms with E-state index in [-0.39, 0.29) is 5.57 Å². The van der Waals surface area contributed by atoms with E-state index in [9.17, 15) is 9.59 Å². The zero-order valence-corrected chi connectivity index (χ0v) is 26.2. The van der Waals surface area contributed by atoms with Crippen molar-refractivity contribution in [2.75, 3.05) is 19.8 Å². The molecule has 0 aliphatic rings. The van der Waals surface area contributed by atoms with Crippen LogP contribution in [0.2, 0.25) is 0 Å². The summed E-state index contributed by atoms with van der Waals surface area (Å²) in [6.45, 7) is 10.7. The molecule has 0 N–H and O–H groups in total. The van der Waals surface area contributed by atoms with Crippen molar-refractivity contribution >= 4 is 23.3 Å². The topological polar surface area (TPSA) is 114 Å². The van der Waals surface area contributed by atoms with Gasteiger partial charge in [0.25, 0.3) is 0 Å². The van der Waals surface area contributed by atoms with Crippen molar-refractivity contribution in [2.24, 2.45) is 10.2 Å². The highest BCUT2D eigenvalue weighted by molar-refractivity contribution is 5.91. The summed E-state index contributed by atoms with van der Waals surface area (Å²) in [6, 6.07) is 20.9. The van der Waals surface area contributed by atoms with Gasteiger partial charge >= 0.3 is 11.9 Å². The average molecular weight is 619 g/mol. The molecule has 0 amide bonds. The Labute approximate surface area is 264 Å². The van der Waals surface area contributed by atoms with Crippen LogP contribution in [0.25, 0.3) is 0 Å². The van der Waals surface area contributed by atoms with Crippen LogP contribution in [0.3, 0.4) is 0 Å². The van der Waals surface area contributed by atoms with Crippen molar-refractivity contribution in [3.63, 3.8) is 0 Å². The van der Waals surface area contributed by atoms with Gasteiger partial charge in [-0.2, -0.15) is 10.0 Å². The summed E-state index contributed by atoms with van der Waals surface area (Å²) in [7, 11) is 0. The number of carbonyl (C=O) groups excluding carboxylic acids is 2. The van der Waals surface area contributed by atoms with E-state index in [0.29, 0.717) is 61.1 Å². The van der Waals surface area contributed by atoms with Gasteiger partial charge in [0.2, 0.25) is 6.29 Å². The average Bonchev–Trinajstić information content (AvgIpc) is 3.05. The third-order valence-corrected chi connectivity index (χ3v) is 6.27. The molecule has 0 bridgehead atoms. The number of ether oxygens (including phenoxy) is 4. The second kappa shape index (κ2) is 19.7. The highest BCUT2D eigenvalue weighted by atomic mass is 17.2. The fourth-order valence-corrected chi connectivity index (χ4v) is 3.66. The zero-order valence-electron chi connectivity index (χ0n) is 26.2. The molecule has 0 saturated carbocycles. The first-order chi connectivity index (χ1) is 21.9. The molecule has 10 nitrogen and oxygen atoms in total. The summed E-state index contributed by atoms with van der Waals surface area (Å²) in [4.78, 5) is 34.2. The first-order valence-corrected chi connectivity index (χ1v) is 15.2. The third kappa shape index (κ3) is 12.9. The molecule has 3 aromatic carbocycles. The third-order valence-electron chi connectivity index (χ3n) is 6.27. The first kappa shape index (κ1) is 34.9. The maximum Gasteiger partial charge on any atom is 0.368 e. The van der Waals surface area contributed by atoms with Crippen molar-refractivity contribution < 1.29 is 38.3 Å². The van der Waals surface area contributed by atoms with Crippen LogP contribution < -0.4 is 14.2 Å². The molecule has 45 heavy (non-hydrogen) atoms. The molecule has 0 aliphatic heterocycles. The summed E-state index contributed by atoms with van der Waals surface area (Å²) in [5.74, 6) is 0.567. The van der Waals surface area contributed by atoms with Crippen LogP contribution in [-0.2, 0) is 19.3 Å². The molecule has 0 radical (unpaired) electrons. The van der Waals surface area contributed by atoms with Crippen LogP contribution in [0.15, 0.2) is 95.2 Å². The minimum atomic E-state index is -0.712. The molecule has 3 aromatic rings. The molecular formula is C35H42N2O8. The Kier molecular flexibility index (Phi) is 15.3. The van der Waals surface area contributed by atoms with Gasteiger partial charge in [-0.25, -0.2) is 9.59 Å². The van der Waals surface area contributed by atoms with Crippen LogP contribution >= 0.6 is 0 Å². The molecular weight excluding hydrogens is 576 g/mol. The Morgan fingerprint density at radius 3 is 2.16 bits per heavy atom. The van der Waals surface area contributed by atoms with Crippen molar-refractivity contribution in [3.8, 4) is 17.2 Å². The SMILES string of the molecule is C=C(C)C(=O)OOC(CCCOc1ccccc1N=Nc1ccc(OC(=O)c2ccc(OCCCC)cc2)cc1)OCCCC. The fraction of sp³-hybridized carbons (Fsp3) is 0.371. The number of azo groups is 1. The maximum absolute atomic E-state index is 12.6. The van der Waals surface area contributed by atoms with E-state index in [4.69, 9.17) is 28.7 Å². The monoisotopic (exact) mass is 618 g/mol. The molecule has 0 spiro atoms. The number of carbonyl (C=O) groups is 2. The van der Waals surface area contributed by atoms with E-state index in [1.54, 1.807) is 67.6 Å². The van der Waals surface area contributed by atoms with Gasteiger partial charge in [0.15, 0.2) is 0 Å². The van der Waals surface area contributed by atoms with Gasteiger partial charge in [-0.1, -0.05) is 45.4 Å². The van der Waals surface area contributed by atoms with Crippen molar-refractivity contribution in [1.29, 1.82) is 0 Å². The van der Waals surface area contributed by atoms with E-state index < -0.39 is 18.2 Å². The van der Waals surface area contributed by atoms with Gasteiger partial charge in [0, 0.05) is 18.6 Å². The molecule has 0 fully saturated rings. The van der Waals surface area contributed by atoms with Crippen LogP contribution in [-0.4, -0.2) is 38.0 Å². The van der Waals surface area contributed by atoms with Crippen molar-refractivity contribution in [3.05, 3.63) is 90.5 Å². The van der Waals surface area contributed by atoms with Gasteiger partial charge < -0.3 is 18.9 Å². The Bertz CT molecular complexity index is 1370. The van der Waals surface area contributed by atoms with Crippen molar-refractivity contribution in [1.82, 2.24) is 0 Å². The zero-order chi connectivity index (χ0) is 32.3. The van der Waals surface area contributed by atoms with E-state index in [1.165, 1.54) is 0 Å². The number of nitrogens with zero attached hydrogens (tertiary/aromatic N) is 2. The van der Waals surface area contributed by atoms with E-state index >= 15 is 0 Å². The summed E-state index contributed by atoms with van der Waals surface area (Å²) in [5, 5.41) is 8.65. The first-order valence-electron chi connectivity index (χ1n) is 15.2. The lowest BCUT2D eigenvalue weighted by Gasteiger charge is -2.17. The maximum atomic E-state index is 12.6. The number of para-hydroxylation sites is 1. The number of esters is 1. The Balaban J connectivity index is 1.50. The van der Waals surface area contributed by atoms with Gasteiger partial charge in [-0.15, -0.1) is 5.11 Å². The van der Waals surface area contributed by atoms with Crippen LogP contribution in [0, 0.1) is 0 Å². The summed E-state index contributed by atoms with van der Waals surface area (Å²) in [5.41, 5.74) is 1.79. The lowest BCUT2D eigenvalue weighted by molar-refractivity contribution is -0.351. The minimum absolute atomic E-state index is 0.237. The molecule has 240 valence electrons. The van der Waals surface area contributed by atoms with Crippen molar-refractivity contribution in [2.45, 2.75) is 65.6 Å². The molecule has 0 saturated heterocycles. The van der Waals surface area contributed by atoms with Gasteiger partial charge in [-0.3, -0.25) is 4.89 Å². The van der Waals surface area contributed by atoms with Gasteiger partial charge in [-0.05, 0) is 86.8 Å². The molecule has 1 atom stereocenters. The standard InChI is InChI=1S/C35H42N2O8/c1-5-7-23-40-29-19-15-27(16-20-29)35(39)43-30-21-17-28(18-22-30)36-37-31-12-9-10-13-32(31)41-25-11-14-33(42-24-8-6-2)44-45-34(38)26(3)4/h9-10,12-13,15-22,33H,3,5-8,11,14,23-25H2,1-2,4H3. The summed E-state index contributed by atoms with van der Waals surface area (Å²) in [6.07, 6.45) is 4.17. The molecule has 0 aliphatic carbocycles. The second-order valence-electron chi connectivity index (χ2n) is 10.2. The highest BCUT2D eigenvalue weighted by Crippen LogP contribution is 2.30. The highest BCUT2D eigenvalue weighted by Gasteiger charge is 2.15. The fourth-order valence-electron chi connectivity index (χ4n) is 3.66. The molecule has 10 heteroatoms. The number of hydrogen-bond acceptors (Lipinski definition) is 10. The smallest absolute Gasteiger partial charge is 0.368 e. The van der Waals surface area contributed by atoms with E-state index in [1.807, 2.05) is 12.1 Å². The van der Waals surface area contributed by atoms with E-state index in [2.05, 4.69) is 30.7 Å². The number of rotatable bonds is 20. The predicted octanol–water partition coefficient (Wildman–Crippen LogP) is 8.85. The summed E-state index contributed by atoms with van der Waals surface area (Å²) < 4.78 is 22.8. The lowest BCUT2D eigenvalue weighted by Crippen LogP contribution is -2.21. The Morgan fingerprint density at radius 2 is 1.44 bits per heavy atom. The Hall–Kier alpha value is -4.54. The summed E-state index contributed by atoms with van der Waals surface area (Å²) >= 11 is 0. The number of hydrogen-bond donors (Lipinski definition) is 0. The number of benzene rings is 3. The molecule has 0 aromatic heterocycles. The molecule has 3 rings (SSSR count). The van der Waals surface area contributed by atoms with Gasteiger partial charge in [0.1, 0.15) is 22.9 Å². The predicted molar refractivity (Wildman–Crippen MR) is 170 cm³/mol.